The fourth-order valence-electron chi connectivity index (χ4n) is 6.43. The lowest BCUT2D eigenvalue weighted by atomic mass is 9.91. The lowest BCUT2D eigenvalue weighted by Crippen LogP contribution is -2.05. The van der Waals surface area contributed by atoms with Crippen LogP contribution in [-0.4, -0.2) is 25.2 Å². The molecule has 4 nitrogen and oxygen atoms in total. The molecule has 0 saturated carbocycles. The van der Waals surface area contributed by atoms with Crippen molar-refractivity contribution in [1.29, 1.82) is 0 Å². The van der Waals surface area contributed by atoms with Crippen LogP contribution >= 0.6 is 0 Å². The molecule has 46 heavy (non-hydrogen) atoms. The molecule has 0 aliphatic rings. The molecule has 0 N–H and O–H groups in total. The Morgan fingerprint density at radius 1 is 0.370 bits per heavy atom. The van der Waals surface area contributed by atoms with E-state index in [0.717, 1.165) is 37.5 Å². The van der Waals surface area contributed by atoms with Crippen LogP contribution in [-0.2, 0) is 19.1 Å². The molecule has 274 valence electrons. The largest absolute Gasteiger partial charge is 0.466 e. The molecule has 0 aliphatic carbocycles. The van der Waals surface area contributed by atoms with E-state index in [-0.39, 0.29) is 11.9 Å². The van der Waals surface area contributed by atoms with E-state index in [1.807, 2.05) is 0 Å². The molecule has 0 bridgehead atoms. The summed E-state index contributed by atoms with van der Waals surface area (Å²) in [5.41, 5.74) is 0. The first-order chi connectivity index (χ1) is 22.5. The first-order valence-corrected chi connectivity index (χ1v) is 20.8. The van der Waals surface area contributed by atoms with Gasteiger partial charge in [0.2, 0.25) is 0 Å². The van der Waals surface area contributed by atoms with Gasteiger partial charge in [-0.25, -0.2) is 0 Å². The molecule has 0 aliphatic heterocycles. The van der Waals surface area contributed by atoms with Crippen LogP contribution in [0.5, 0.6) is 0 Å². The summed E-state index contributed by atoms with van der Waals surface area (Å²) in [6.45, 7) is 10.6. The van der Waals surface area contributed by atoms with Crippen molar-refractivity contribution in [2.24, 2.45) is 11.8 Å². The molecule has 0 aromatic heterocycles. The molecule has 0 spiro atoms. The average Bonchev–Trinajstić information content (AvgIpc) is 3.04. The lowest BCUT2D eigenvalue weighted by molar-refractivity contribution is -0.144. The maximum Gasteiger partial charge on any atom is 0.305 e. The SMILES string of the molecule is CCCCCCCCCC(=O)OCCCCCCCCC(C)CCC(C)CCCCCCCCOC(=O)CCCCCCCCC. The van der Waals surface area contributed by atoms with Crippen molar-refractivity contribution in [2.75, 3.05) is 13.2 Å². The van der Waals surface area contributed by atoms with Crippen LogP contribution in [0.3, 0.4) is 0 Å². The minimum atomic E-state index is 0.00784. The van der Waals surface area contributed by atoms with Crippen LogP contribution < -0.4 is 0 Å². The van der Waals surface area contributed by atoms with E-state index in [2.05, 4.69) is 27.7 Å². The molecule has 4 heteroatoms. The summed E-state index contributed by atoms with van der Waals surface area (Å²) >= 11 is 0. The van der Waals surface area contributed by atoms with Gasteiger partial charge in [0, 0.05) is 12.8 Å². The van der Waals surface area contributed by atoms with Crippen molar-refractivity contribution >= 4 is 11.9 Å². The number of hydrogen-bond acceptors (Lipinski definition) is 4. The number of esters is 2. The van der Waals surface area contributed by atoms with Gasteiger partial charge in [-0.1, -0.05) is 195 Å². The molecule has 0 fully saturated rings. The smallest absolute Gasteiger partial charge is 0.305 e. The maximum atomic E-state index is 11.9. The maximum absolute atomic E-state index is 11.9. The third-order valence-corrected chi connectivity index (χ3v) is 9.83. The predicted octanol–water partition coefficient (Wildman–Crippen LogP) is 13.9. The standard InChI is InChI=1S/C42H82O4/c1-5-7-9-11-13-21-27-33-41(43)45-37-29-23-17-15-19-25-31-39(3)35-36-40(4)32-26-20-16-18-24-30-38-46-42(44)34-28-22-14-12-10-8-6-2/h39-40H,5-38H2,1-4H3. The molecule has 0 aromatic rings. The van der Waals surface area contributed by atoms with Gasteiger partial charge in [0.25, 0.3) is 0 Å². The van der Waals surface area contributed by atoms with Crippen molar-refractivity contribution < 1.29 is 19.1 Å². The van der Waals surface area contributed by atoms with Gasteiger partial charge in [-0.2, -0.15) is 0 Å². The third-order valence-electron chi connectivity index (χ3n) is 9.83. The van der Waals surface area contributed by atoms with E-state index in [4.69, 9.17) is 9.47 Å². The van der Waals surface area contributed by atoms with Crippen LogP contribution in [0.25, 0.3) is 0 Å². The predicted molar refractivity (Wildman–Crippen MR) is 199 cm³/mol. The highest BCUT2D eigenvalue weighted by molar-refractivity contribution is 5.69. The van der Waals surface area contributed by atoms with Gasteiger partial charge >= 0.3 is 11.9 Å². The van der Waals surface area contributed by atoms with E-state index in [1.54, 1.807) is 0 Å². The Bertz CT molecular complexity index is 579. The lowest BCUT2D eigenvalue weighted by Gasteiger charge is -2.15. The molecule has 2 atom stereocenters. The van der Waals surface area contributed by atoms with Gasteiger partial charge in [-0.05, 0) is 37.5 Å². The molecule has 0 amide bonds. The van der Waals surface area contributed by atoms with E-state index in [1.165, 1.54) is 167 Å². The molecule has 2 unspecified atom stereocenters. The fraction of sp³-hybridized carbons (Fsp3) is 0.952. The molecular weight excluding hydrogens is 568 g/mol. The van der Waals surface area contributed by atoms with Crippen molar-refractivity contribution in [3.63, 3.8) is 0 Å². The first kappa shape index (κ1) is 44.9. The number of carbonyl (C=O) groups excluding carboxylic acids is 2. The van der Waals surface area contributed by atoms with Crippen molar-refractivity contribution in [3.8, 4) is 0 Å². The second kappa shape index (κ2) is 36.8. The minimum Gasteiger partial charge on any atom is -0.466 e. The van der Waals surface area contributed by atoms with E-state index in [0.29, 0.717) is 26.1 Å². The second-order valence-electron chi connectivity index (χ2n) is 14.8. The molecule has 0 saturated heterocycles. The number of rotatable bonds is 37. The zero-order valence-electron chi connectivity index (χ0n) is 31.8. The van der Waals surface area contributed by atoms with Gasteiger partial charge in [0.1, 0.15) is 0 Å². The van der Waals surface area contributed by atoms with Gasteiger partial charge in [-0.15, -0.1) is 0 Å². The van der Waals surface area contributed by atoms with E-state index in [9.17, 15) is 9.59 Å². The minimum absolute atomic E-state index is 0.00784. The van der Waals surface area contributed by atoms with Gasteiger partial charge in [0.05, 0.1) is 13.2 Å². The Morgan fingerprint density at radius 3 is 1.00 bits per heavy atom. The Labute approximate surface area is 288 Å². The topological polar surface area (TPSA) is 52.6 Å². The molecule has 0 rings (SSSR count). The van der Waals surface area contributed by atoms with Gasteiger partial charge in [0.15, 0.2) is 0 Å². The zero-order valence-corrected chi connectivity index (χ0v) is 31.8. The molecule has 0 heterocycles. The Morgan fingerprint density at radius 2 is 0.652 bits per heavy atom. The third kappa shape index (κ3) is 35.8. The Hall–Kier alpha value is -1.06. The van der Waals surface area contributed by atoms with Crippen LogP contribution in [0.4, 0.5) is 0 Å². The molecular formula is C42H82O4. The summed E-state index contributed by atoms with van der Waals surface area (Å²) < 4.78 is 10.8. The van der Waals surface area contributed by atoms with Gasteiger partial charge in [-0.3, -0.25) is 9.59 Å². The fourth-order valence-corrected chi connectivity index (χ4v) is 6.43. The molecule has 0 radical (unpaired) electrons. The van der Waals surface area contributed by atoms with Crippen molar-refractivity contribution in [1.82, 2.24) is 0 Å². The zero-order chi connectivity index (χ0) is 33.8. The summed E-state index contributed by atoms with van der Waals surface area (Å²) in [6, 6.07) is 0. The van der Waals surface area contributed by atoms with Crippen LogP contribution in [0.1, 0.15) is 233 Å². The summed E-state index contributed by atoms with van der Waals surface area (Å²) in [7, 11) is 0. The average molecular weight is 651 g/mol. The summed E-state index contributed by atoms with van der Waals surface area (Å²) in [6.07, 6.45) is 39.1. The van der Waals surface area contributed by atoms with Crippen molar-refractivity contribution in [3.05, 3.63) is 0 Å². The summed E-state index contributed by atoms with van der Waals surface area (Å²) in [5.74, 6) is 1.72. The number of carbonyl (C=O) groups is 2. The quantitative estimate of drug-likeness (QED) is 0.0496. The monoisotopic (exact) mass is 651 g/mol. The highest BCUT2D eigenvalue weighted by atomic mass is 16.5. The highest BCUT2D eigenvalue weighted by Crippen LogP contribution is 2.22. The van der Waals surface area contributed by atoms with Crippen LogP contribution in [0.15, 0.2) is 0 Å². The second-order valence-corrected chi connectivity index (χ2v) is 14.8. The number of ether oxygens (including phenoxy) is 2. The summed E-state index contributed by atoms with van der Waals surface area (Å²) in [4.78, 5) is 23.7. The van der Waals surface area contributed by atoms with Crippen LogP contribution in [0, 0.1) is 11.8 Å². The molecule has 0 aromatic carbocycles. The van der Waals surface area contributed by atoms with E-state index < -0.39 is 0 Å². The summed E-state index contributed by atoms with van der Waals surface area (Å²) in [5, 5.41) is 0. The number of unbranched alkanes of at least 4 members (excludes halogenated alkanes) is 22. The normalized spacial score (nSPS) is 12.7. The highest BCUT2D eigenvalue weighted by Gasteiger charge is 2.08. The van der Waals surface area contributed by atoms with E-state index >= 15 is 0 Å². The Kier molecular flexibility index (Phi) is 35.9. The number of hydrogen-bond donors (Lipinski definition) is 0. The Balaban J connectivity index is 3.39. The first-order valence-electron chi connectivity index (χ1n) is 20.8. The van der Waals surface area contributed by atoms with Crippen LogP contribution in [0.2, 0.25) is 0 Å². The van der Waals surface area contributed by atoms with Gasteiger partial charge < -0.3 is 9.47 Å². The van der Waals surface area contributed by atoms with Crippen molar-refractivity contribution in [2.45, 2.75) is 233 Å².